The molecule has 1 amide bonds. The third kappa shape index (κ3) is 5.63. The van der Waals surface area contributed by atoms with E-state index in [9.17, 15) is 4.79 Å². The van der Waals surface area contributed by atoms with Crippen molar-refractivity contribution in [2.75, 3.05) is 11.1 Å². The molecule has 0 aliphatic rings. The second-order valence-corrected chi connectivity index (χ2v) is 6.82. The molecule has 0 spiro atoms. The number of aromatic nitrogens is 1. The number of amides is 1. The number of nitrogens with zero attached hydrogens (tertiary/aromatic N) is 1. The van der Waals surface area contributed by atoms with Crippen molar-refractivity contribution in [1.29, 1.82) is 0 Å². The van der Waals surface area contributed by atoms with E-state index in [0.717, 1.165) is 34.1 Å². The van der Waals surface area contributed by atoms with Crippen molar-refractivity contribution in [1.82, 2.24) is 4.98 Å². The van der Waals surface area contributed by atoms with Gasteiger partial charge in [-0.3, -0.25) is 9.78 Å². The van der Waals surface area contributed by atoms with Crippen LogP contribution < -0.4 is 10.1 Å². The summed E-state index contributed by atoms with van der Waals surface area (Å²) in [4.78, 5) is 16.0. The van der Waals surface area contributed by atoms with E-state index in [1.54, 1.807) is 24.2 Å². The Bertz CT molecular complexity index is 851. The number of benzene rings is 2. The highest BCUT2D eigenvalue weighted by Gasteiger charge is 2.04. The fourth-order valence-electron chi connectivity index (χ4n) is 2.36. The van der Waals surface area contributed by atoms with Crippen molar-refractivity contribution in [3.8, 4) is 11.5 Å². The number of rotatable bonds is 7. The lowest BCUT2D eigenvalue weighted by Gasteiger charge is -2.08. The largest absolute Gasteiger partial charge is 0.457 e. The van der Waals surface area contributed by atoms with Gasteiger partial charge in [0, 0.05) is 23.8 Å². The lowest BCUT2D eigenvalue weighted by Crippen LogP contribution is -2.14. The van der Waals surface area contributed by atoms with Crippen LogP contribution in [-0.4, -0.2) is 16.6 Å². The molecule has 0 fully saturated rings. The average molecular weight is 364 g/mol. The maximum Gasteiger partial charge on any atom is 0.234 e. The monoisotopic (exact) mass is 364 g/mol. The van der Waals surface area contributed by atoms with Crippen molar-refractivity contribution >= 4 is 23.4 Å². The number of thioether (sulfide) groups is 1. The van der Waals surface area contributed by atoms with Crippen LogP contribution in [-0.2, 0) is 10.5 Å². The summed E-state index contributed by atoms with van der Waals surface area (Å²) in [5.41, 5.74) is 3.07. The van der Waals surface area contributed by atoms with Crippen molar-refractivity contribution in [3.05, 3.63) is 84.2 Å². The first-order valence-corrected chi connectivity index (χ1v) is 9.45. The van der Waals surface area contributed by atoms with E-state index >= 15 is 0 Å². The molecule has 26 heavy (non-hydrogen) atoms. The molecule has 0 atom stereocenters. The summed E-state index contributed by atoms with van der Waals surface area (Å²) in [7, 11) is 0. The van der Waals surface area contributed by atoms with E-state index in [1.165, 1.54) is 0 Å². The lowest BCUT2D eigenvalue weighted by molar-refractivity contribution is -0.113. The third-order valence-electron chi connectivity index (χ3n) is 3.61. The molecule has 2 aromatic carbocycles. The Balaban J connectivity index is 1.46. The topological polar surface area (TPSA) is 51.2 Å². The summed E-state index contributed by atoms with van der Waals surface area (Å²) in [5.74, 6) is 2.72. The summed E-state index contributed by atoms with van der Waals surface area (Å²) in [5, 5.41) is 2.90. The van der Waals surface area contributed by atoms with Crippen LogP contribution in [0.15, 0.2) is 73.1 Å². The molecule has 0 aliphatic carbocycles. The molecule has 3 rings (SSSR count). The van der Waals surface area contributed by atoms with Gasteiger partial charge in [0.2, 0.25) is 5.91 Å². The van der Waals surface area contributed by atoms with Crippen LogP contribution in [0.25, 0.3) is 0 Å². The van der Waals surface area contributed by atoms with Crippen LogP contribution >= 0.6 is 11.8 Å². The Kier molecular flexibility index (Phi) is 6.28. The summed E-state index contributed by atoms with van der Waals surface area (Å²) in [6.45, 7) is 2.03. The van der Waals surface area contributed by atoms with Gasteiger partial charge >= 0.3 is 0 Å². The predicted octanol–water partition coefficient (Wildman–Crippen LogP) is 5.05. The Morgan fingerprint density at radius 3 is 2.54 bits per heavy atom. The number of hydrogen-bond donors (Lipinski definition) is 1. The predicted molar refractivity (Wildman–Crippen MR) is 107 cm³/mol. The molecule has 1 heterocycles. The zero-order chi connectivity index (χ0) is 18.2. The molecule has 0 unspecified atom stereocenters. The normalized spacial score (nSPS) is 10.3. The second kappa shape index (κ2) is 9.06. The maximum atomic E-state index is 12.0. The highest BCUT2D eigenvalue weighted by atomic mass is 32.2. The molecule has 0 saturated heterocycles. The number of aryl methyl sites for hydroxylation is 1. The zero-order valence-electron chi connectivity index (χ0n) is 14.5. The molecule has 0 radical (unpaired) electrons. The minimum Gasteiger partial charge on any atom is -0.457 e. The smallest absolute Gasteiger partial charge is 0.234 e. The van der Waals surface area contributed by atoms with Crippen molar-refractivity contribution < 1.29 is 9.53 Å². The summed E-state index contributed by atoms with van der Waals surface area (Å²) < 4.78 is 5.81. The molecule has 0 bridgehead atoms. The van der Waals surface area contributed by atoms with Gasteiger partial charge in [0.25, 0.3) is 0 Å². The molecule has 1 N–H and O–H groups in total. The molecular weight excluding hydrogens is 344 g/mol. The van der Waals surface area contributed by atoms with E-state index in [0.29, 0.717) is 5.75 Å². The standard InChI is InChI=1S/C21H20N2O2S/c1-16-3-2-4-20(13-16)25-19-7-5-18(6-8-19)23-21(24)15-26-14-17-9-11-22-12-10-17/h2-13H,14-15H2,1H3,(H,23,24). The molecule has 1 aromatic heterocycles. The molecule has 4 nitrogen and oxygen atoms in total. The minimum absolute atomic E-state index is 0.0172. The van der Waals surface area contributed by atoms with E-state index < -0.39 is 0 Å². The number of ether oxygens (including phenoxy) is 1. The quantitative estimate of drug-likeness (QED) is 0.637. The van der Waals surface area contributed by atoms with E-state index in [2.05, 4.69) is 10.3 Å². The van der Waals surface area contributed by atoms with Gasteiger partial charge in [-0.2, -0.15) is 0 Å². The van der Waals surface area contributed by atoms with Gasteiger partial charge in [-0.15, -0.1) is 11.8 Å². The minimum atomic E-state index is -0.0172. The lowest BCUT2D eigenvalue weighted by atomic mass is 10.2. The Morgan fingerprint density at radius 1 is 1.04 bits per heavy atom. The first-order chi connectivity index (χ1) is 12.7. The molecular formula is C21H20N2O2S. The number of carbonyl (C=O) groups is 1. The van der Waals surface area contributed by atoms with Crippen molar-refractivity contribution in [2.45, 2.75) is 12.7 Å². The van der Waals surface area contributed by atoms with Gasteiger partial charge < -0.3 is 10.1 Å². The molecule has 0 saturated carbocycles. The Labute approximate surface area is 157 Å². The molecule has 5 heteroatoms. The van der Waals surface area contributed by atoms with Gasteiger partial charge in [-0.25, -0.2) is 0 Å². The fraction of sp³-hybridized carbons (Fsp3) is 0.143. The SMILES string of the molecule is Cc1cccc(Oc2ccc(NC(=O)CSCc3ccncc3)cc2)c1. The maximum absolute atomic E-state index is 12.0. The summed E-state index contributed by atoms with van der Waals surface area (Å²) >= 11 is 1.58. The second-order valence-electron chi connectivity index (χ2n) is 5.84. The summed E-state index contributed by atoms with van der Waals surface area (Å²) in [6.07, 6.45) is 3.52. The van der Waals surface area contributed by atoms with Crippen molar-refractivity contribution in [3.63, 3.8) is 0 Å². The highest BCUT2D eigenvalue weighted by Crippen LogP contribution is 2.23. The van der Waals surface area contributed by atoms with E-state index in [1.807, 2.05) is 67.6 Å². The first-order valence-electron chi connectivity index (χ1n) is 8.30. The van der Waals surface area contributed by atoms with Crippen LogP contribution in [0.4, 0.5) is 5.69 Å². The first kappa shape index (κ1) is 18.0. The van der Waals surface area contributed by atoms with Gasteiger partial charge in [0.1, 0.15) is 11.5 Å². The third-order valence-corrected chi connectivity index (χ3v) is 4.62. The Morgan fingerprint density at radius 2 is 1.81 bits per heavy atom. The van der Waals surface area contributed by atoms with Gasteiger partial charge in [0.15, 0.2) is 0 Å². The van der Waals surface area contributed by atoms with Crippen LogP contribution in [0.2, 0.25) is 0 Å². The van der Waals surface area contributed by atoms with Gasteiger partial charge in [-0.05, 0) is 66.6 Å². The molecule has 132 valence electrons. The summed E-state index contributed by atoms with van der Waals surface area (Å²) in [6, 6.07) is 19.2. The van der Waals surface area contributed by atoms with E-state index in [4.69, 9.17) is 4.74 Å². The fourth-order valence-corrected chi connectivity index (χ4v) is 3.15. The van der Waals surface area contributed by atoms with Crippen LogP contribution in [0.1, 0.15) is 11.1 Å². The van der Waals surface area contributed by atoms with E-state index in [-0.39, 0.29) is 5.91 Å². The van der Waals surface area contributed by atoms with Crippen LogP contribution in [0, 0.1) is 6.92 Å². The number of anilines is 1. The molecule has 3 aromatic rings. The van der Waals surface area contributed by atoms with Crippen LogP contribution in [0.3, 0.4) is 0 Å². The van der Waals surface area contributed by atoms with Gasteiger partial charge in [0.05, 0.1) is 5.75 Å². The highest BCUT2D eigenvalue weighted by molar-refractivity contribution is 7.99. The van der Waals surface area contributed by atoms with Crippen LogP contribution in [0.5, 0.6) is 11.5 Å². The average Bonchev–Trinajstić information content (AvgIpc) is 2.64. The number of carbonyl (C=O) groups excluding carboxylic acids is 1. The Hall–Kier alpha value is -2.79. The van der Waals surface area contributed by atoms with Gasteiger partial charge in [-0.1, -0.05) is 12.1 Å². The molecule has 0 aliphatic heterocycles. The zero-order valence-corrected chi connectivity index (χ0v) is 15.3. The number of hydrogen-bond acceptors (Lipinski definition) is 4. The van der Waals surface area contributed by atoms with Crippen molar-refractivity contribution in [2.24, 2.45) is 0 Å². The number of nitrogens with one attached hydrogen (secondary N) is 1. The number of pyridine rings is 1.